The van der Waals surface area contributed by atoms with Crippen molar-refractivity contribution in [3.05, 3.63) is 89.0 Å². The second kappa shape index (κ2) is 9.37. The summed E-state index contributed by atoms with van der Waals surface area (Å²) in [6, 6.07) is 13.5. The van der Waals surface area contributed by atoms with Gasteiger partial charge in [-0.05, 0) is 56.7 Å². The topological polar surface area (TPSA) is 52.6 Å². The molecule has 0 aliphatic carbocycles. The summed E-state index contributed by atoms with van der Waals surface area (Å²) >= 11 is 0. The minimum Gasteiger partial charge on any atom is -0.458 e. The third-order valence-electron chi connectivity index (χ3n) is 3.57. The molecule has 134 valence electrons. The minimum atomic E-state index is -0.521. The Bertz CT molecular complexity index is 829. The lowest BCUT2D eigenvalue weighted by molar-refractivity contribution is 0.0540. The Morgan fingerprint density at radius 1 is 1.00 bits per heavy atom. The molecule has 0 saturated carbocycles. The van der Waals surface area contributed by atoms with Crippen LogP contribution in [0.3, 0.4) is 0 Å². The minimum absolute atomic E-state index is 0.196. The summed E-state index contributed by atoms with van der Waals surface area (Å²) in [7, 11) is 0. The Balaban J connectivity index is 2.03. The van der Waals surface area contributed by atoms with E-state index in [-0.39, 0.29) is 6.61 Å². The predicted octanol–water partition coefficient (Wildman–Crippen LogP) is 4.89. The van der Waals surface area contributed by atoms with Crippen molar-refractivity contribution >= 4 is 11.9 Å². The molecule has 0 aliphatic heterocycles. The van der Waals surface area contributed by atoms with Crippen molar-refractivity contribution in [2.75, 3.05) is 6.61 Å². The van der Waals surface area contributed by atoms with Crippen LogP contribution in [0.25, 0.3) is 0 Å². The smallest absolute Gasteiger partial charge is 0.343 e. The van der Waals surface area contributed by atoms with Gasteiger partial charge in [0.05, 0.1) is 11.1 Å². The molecule has 26 heavy (non-hydrogen) atoms. The van der Waals surface area contributed by atoms with Crippen LogP contribution in [0.5, 0.6) is 5.75 Å². The van der Waals surface area contributed by atoms with Gasteiger partial charge in [0.2, 0.25) is 0 Å². The Kier molecular flexibility index (Phi) is 6.92. The van der Waals surface area contributed by atoms with Gasteiger partial charge in [-0.3, -0.25) is 0 Å². The summed E-state index contributed by atoms with van der Waals surface area (Å²) < 4.78 is 10.6. The van der Waals surface area contributed by atoms with E-state index in [1.165, 1.54) is 6.07 Å². The molecule has 0 saturated heterocycles. The van der Waals surface area contributed by atoms with E-state index in [0.717, 1.165) is 11.1 Å². The van der Waals surface area contributed by atoms with Crippen LogP contribution in [0.2, 0.25) is 0 Å². The van der Waals surface area contributed by atoms with Gasteiger partial charge in [0, 0.05) is 0 Å². The van der Waals surface area contributed by atoms with Crippen molar-refractivity contribution in [3.8, 4) is 5.75 Å². The average molecular weight is 350 g/mol. The van der Waals surface area contributed by atoms with E-state index in [1.807, 2.05) is 51.1 Å². The van der Waals surface area contributed by atoms with E-state index < -0.39 is 11.9 Å². The summed E-state index contributed by atoms with van der Waals surface area (Å²) in [6.07, 6.45) is 5.65. The van der Waals surface area contributed by atoms with Gasteiger partial charge in [-0.1, -0.05) is 42.0 Å². The van der Waals surface area contributed by atoms with Gasteiger partial charge >= 0.3 is 11.9 Å². The number of rotatable bonds is 6. The monoisotopic (exact) mass is 350 g/mol. The molecule has 0 radical (unpaired) electrons. The van der Waals surface area contributed by atoms with E-state index in [0.29, 0.717) is 16.9 Å². The number of hydrogen-bond donors (Lipinski definition) is 0. The number of carbonyl (C=O) groups is 2. The van der Waals surface area contributed by atoms with E-state index in [9.17, 15) is 9.59 Å². The Hall–Kier alpha value is -3.14. The molecule has 0 spiro atoms. The van der Waals surface area contributed by atoms with Gasteiger partial charge < -0.3 is 9.47 Å². The number of hydrogen-bond acceptors (Lipinski definition) is 4. The normalized spacial score (nSPS) is 11.4. The fourth-order valence-corrected chi connectivity index (χ4v) is 2.12. The molecule has 0 unspecified atom stereocenters. The van der Waals surface area contributed by atoms with Crippen LogP contribution in [0.1, 0.15) is 40.1 Å². The zero-order chi connectivity index (χ0) is 18.9. The van der Waals surface area contributed by atoms with Crippen molar-refractivity contribution < 1.29 is 19.1 Å². The van der Waals surface area contributed by atoms with Crippen molar-refractivity contribution in [1.82, 2.24) is 0 Å². The summed E-state index contributed by atoms with van der Waals surface area (Å²) in [6.45, 7) is 5.94. The first-order chi connectivity index (χ1) is 12.5. The molecule has 0 atom stereocenters. The Labute approximate surface area is 153 Å². The number of esters is 2. The first-order valence-corrected chi connectivity index (χ1v) is 8.34. The predicted molar refractivity (Wildman–Crippen MR) is 101 cm³/mol. The average Bonchev–Trinajstić information content (AvgIpc) is 2.66. The molecule has 0 fully saturated rings. The fourth-order valence-electron chi connectivity index (χ4n) is 2.12. The quantitative estimate of drug-likeness (QED) is 0.423. The maximum absolute atomic E-state index is 12.3. The molecule has 2 aromatic carbocycles. The molecular formula is C22H22O4. The van der Waals surface area contributed by atoms with Gasteiger partial charge in [0.25, 0.3) is 0 Å². The third kappa shape index (κ3) is 5.74. The maximum atomic E-state index is 12.3. The van der Waals surface area contributed by atoms with Crippen molar-refractivity contribution in [3.63, 3.8) is 0 Å². The molecular weight excluding hydrogens is 328 g/mol. The molecule has 0 aliphatic rings. The summed E-state index contributed by atoms with van der Waals surface area (Å²) in [4.78, 5) is 24.4. The second-order valence-corrected chi connectivity index (χ2v) is 5.90. The van der Waals surface area contributed by atoms with Crippen LogP contribution in [0.4, 0.5) is 0 Å². The van der Waals surface area contributed by atoms with E-state index >= 15 is 0 Å². The number of allylic oxidation sites excluding steroid dienone is 3. The number of aryl methyl sites for hydroxylation is 1. The standard InChI is InChI=1S/C22H22O4/c1-4-5-7-17(3)15-25-21(23)18-8-6-9-19(14-18)22(24)26-20-12-10-16(2)11-13-20/h4-14H,15H2,1-3H3/b5-4-,17-7-. The summed E-state index contributed by atoms with van der Waals surface area (Å²) in [5, 5.41) is 0. The molecule has 0 N–H and O–H groups in total. The van der Waals surface area contributed by atoms with Gasteiger partial charge in [-0.25, -0.2) is 9.59 Å². The van der Waals surface area contributed by atoms with Gasteiger partial charge in [0.15, 0.2) is 0 Å². The highest BCUT2D eigenvalue weighted by Crippen LogP contribution is 2.15. The lowest BCUT2D eigenvalue weighted by atomic mass is 10.1. The Morgan fingerprint density at radius 2 is 1.65 bits per heavy atom. The van der Waals surface area contributed by atoms with Crippen LogP contribution < -0.4 is 4.74 Å². The van der Waals surface area contributed by atoms with E-state index in [4.69, 9.17) is 9.47 Å². The van der Waals surface area contributed by atoms with Crippen LogP contribution in [-0.2, 0) is 4.74 Å². The summed E-state index contributed by atoms with van der Waals surface area (Å²) in [5.41, 5.74) is 2.60. The highest BCUT2D eigenvalue weighted by Gasteiger charge is 2.13. The van der Waals surface area contributed by atoms with E-state index in [1.54, 1.807) is 30.3 Å². The zero-order valence-electron chi connectivity index (χ0n) is 15.2. The molecule has 2 aromatic rings. The van der Waals surface area contributed by atoms with Crippen molar-refractivity contribution in [2.45, 2.75) is 20.8 Å². The molecule has 2 rings (SSSR count). The number of ether oxygens (including phenoxy) is 2. The van der Waals surface area contributed by atoms with Crippen LogP contribution in [0, 0.1) is 6.92 Å². The molecule has 0 aromatic heterocycles. The number of carbonyl (C=O) groups excluding carboxylic acids is 2. The largest absolute Gasteiger partial charge is 0.458 e. The molecule has 0 bridgehead atoms. The number of benzene rings is 2. The first-order valence-electron chi connectivity index (χ1n) is 8.34. The highest BCUT2D eigenvalue weighted by atomic mass is 16.5. The van der Waals surface area contributed by atoms with Crippen LogP contribution in [-0.4, -0.2) is 18.5 Å². The first kappa shape index (κ1) is 19.2. The van der Waals surface area contributed by atoms with Gasteiger partial charge in [-0.15, -0.1) is 0 Å². The Morgan fingerprint density at radius 3 is 2.31 bits per heavy atom. The lowest BCUT2D eigenvalue weighted by Crippen LogP contribution is -2.11. The lowest BCUT2D eigenvalue weighted by Gasteiger charge is -2.07. The van der Waals surface area contributed by atoms with Crippen molar-refractivity contribution in [2.24, 2.45) is 0 Å². The van der Waals surface area contributed by atoms with Gasteiger partial charge in [0.1, 0.15) is 12.4 Å². The van der Waals surface area contributed by atoms with Crippen LogP contribution in [0.15, 0.2) is 72.3 Å². The molecule has 0 amide bonds. The van der Waals surface area contributed by atoms with E-state index in [2.05, 4.69) is 0 Å². The maximum Gasteiger partial charge on any atom is 0.343 e. The molecule has 0 heterocycles. The van der Waals surface area contributed by atoms with Crippen molar-refractivity contribution in [1.29, 1.82) is 0 Å². The zero-order valence-corrected chi connectivity index (χ0v) is 15.2. The molecule has 4 nitrogen and oxygen atoms in total. The third-order valence-corrected chi connectivity index (χ3v) is 3.57. The summed E-state index contributed by atoms with van der Waals surface area (Å²) in [5.74, 6) is -0.547. The van der Waals surface area contributed by atoms with Crippen LogP contribution >= 0.6 is 0 Å². The molecule has 4 heteroatoms. The highest BCUT2D eigenvalue weighted by molar-refractivity contribution is 5.96. The van der Waals surface area contributed by atoms with Gasteiger partial charge in [-0.2, -0.15) is 0 Å². The second-order valence-electron chi connectivity index (χ2n) is 5.90. The fraction of sp³-hybridized carbons (Fsp3) is 0.182. The SMILES string of the molecule is C/C=C\C=C(\C)COC(=O)c1cccc(C(=O)Oc2ccc(C)cc2)c1.